The molecule has 0 amide bonds. The Balaban J connectivity index is 1.90. The summed E-state index contributed by atoms with van der Waals surface area (Å²) in [5.74, 6) is 0.201. The minimum Gasteiger partial charge on any atom is -0.479 e. The molecule has 23 heavy (non-hydrogen) atoms. The van der Waals surface area contributed by atoms with Crippen LogP contribution < -0.4 is 4.74 Å². The lowest BCUT2D eigenvalue weighted by Gasteiger charge is -2.15. The molecule has 1 aromatic heterocycles. The molecule has 0 N–H and O–H groups in total. The summed E-state index contributed by atoms with van der Waals surface area (Å²) in [7, 11) is 0. The first kappa shape index (κ1) is 15.7. The van der Waals surface area contributed by atoms with E-state index in [0.717, 1.165) is 21.9 Å². The quantitative estimate of drug-likeness (QED) is 0.634. The Hall–Kier alpha value is -2.20. The van der Waals surface area contributed by atoms with Gasteiger partial charge in [-0.15, -0.1) is 0 Å². The van der Waals surface area contributed by atoms with E-state index in [2.05, 4.69) is 0 Å². The minimum atomic E-state index is -0.678. The molecule has 3 aromatic rings. The van der Waals surface area contributed by atoms with Gasteiger partial charge in [-0.3, -0.25) is 0 Å². The van der Waals surface area contributed by atoms with Crippen molar-refractivity contribution in [3.63, 3.8) is 0 Å². The first-order chi connectivity index (χ1) is 10.9. The smallest absolute Gasteiger partial charge is 0.347 e. The molecule has 0 saturated heterocycles. The average molecular weight is 333 g/mol. The summed E-state index contributed by atoms with van der Waals surface area (Å²) < 4.78 is 16.6. The standard InChI is InChI=1S/C18H17ClO4/c1-10(2)21-18(20)11(3)22-13-5-7-16-15(9-13)14-6-4-12(19)8-17(14)23-16/h4-11H,1-3H3. The van der Waals surface area contributed by atoms with Crippen LogP contribution in [0, 0.1) is 0 Å². The normalized spacial score (nSPS) is 12.7. The highest BCUT2D eigenvalue weighted by Crippen LogP contribution is 2.33. The van der Waals surface area contributed by atoms with E-state index in [1.165, 1.54) is 0 Å². The maximum absolute atomic E-state index is 11.8. The zero-order chi connectivity index (χ0) is 16.6. The van der Waals surface area contributed by atoms with Gasteiger partial charge in [0, 0.05) is 21.9 Å². The fraction of sp³-hybridized carbons (Fsp3) is 0.278. The highest BCUT2D eigenvalue weighted by molar-refractivity contribution is 6.31. The zero-order valence-corrected chi connectivity index (χ0v) is 13.9. The largest absolute Gasteiger partial charge is 0.479 e. The Morgan fingerprint density at radius 2 is 1.83 bits per heavy atom. The summed E-state index contributed by atoms with van der Waals surface area (Å²) in [6.07, 6.45) is -0.846. The Kier molecular flexibility index (Phi) is 4.18. The molecular formula is C18H17ClO4. The molecule has 120 valence electrons. The fourth-order valence-electron chi connectivity index (χ4n) is 2.38. The predicted molar refractivity (Wildman–Crippen MR) is 90.0 cm³/mol. The van der Waals surface area contributed by atoms with Crippen LogP contribution in [0.25, 0.3) is 21.9 Å². The lowest BCUT2D eigenvalue weighted by Crippen LogP contribution is -2.28. The van der Waals surface area contributed by atoms with Gasteiger partial charge in [-0.1, -0.05) is 11.6 Å². The molecule has 0 aliphatic carbocycles. The number of fused-ring (bicyclic) bond motifs is 3. The van der Waals surface area contributed by atoms with E-state index >= 15 is 0 Å². The topological polar surface area (TPSA) is 48.7 Å². The summed E-state index contributed by atoms with van der Waals surface area (Å²) >= 11 is 5.99. The van der Waals surface area contributed by atoms with Crippen LogP contribution in [0.15, 0.2) is 40.8 Å². The molecule has 0 fully saturated rings. The third-order valence-electron chi connectivity index (χ3n) is 3.40. The van der Waals surface area contributed by atoms with E-state index in [4.69, 9.17) is 25.5 Å². The first-order valence-corrected chi connectivity index (χ1v) is 7.81. The number of furan rings is 1. The van der Waals surface area contributed by atoms with Gasteiger partial charge < -0.3 is 13.9 Å². The number of esters is 1. The number of hydrogen-bond acceptors (Lipinski definition) is 4. The van der Waals surface area contributed by atoms with E-state index < -0.39 is 6.10 Å². The van der Waals surface area contributed by atoms with Crippen molar-refractivity contribution < 1.29 is 18.7 Å². The molecule has 3 rings (SSSR count). The van der Waals surface area contributed by atoms with Crippen molar-refractivity contribution >= 4 is 39.5 Å². The molecule has 0 aliphatic rings. The Bertz CT molecular complexity index is 866. The first-order valence-electron chi connectivity index (χ1n) is 7.43. The predicted octanol–water partition coefficient (Wildman–Crippen LogP) is 4.96. The summed E-state index contributed by atoms with van der Waals surface area (Å²) in [4.78, 5) is 11.8. The number of hydrogen-bond donors (Lipinski definition) is 0. The number of ether oxygens (including phenoxy) is 2. The minimum absolute atomic E-state index is 0.168. The third kappa shape index (κ3) is 3.27. The molecule has 2 aromatic carbocycles. The van der Waals surface area contributed by atoms with Crippen LogP contribution in [0.4, 0.5) is 0 Å². The summed E-state index contributed by atoms with van der Waals surface area (Å²) in [6, 6.07) is 10.9. The van der Waals surface area contributed by atoms with Crippen LogP contribution in [0.3, 0.4) is 0 Å². The van der Waals surface area contributed by atoms with E-state index in [1.807, 2.05) is 24.3 Å². The van der Waals surface area contributed by atoms with Crippen LogP contribution >= 0.6 is 11.6 Å². The second kappa shape index (κ2) is 6.13. The second-order valence-electron chi connectivity index (χ2n) is 5.65. The zero-order valence-electron chi connectivity index (χ0n) is 13.1. The highest BCUT2D eigenvalue weighted by Gasteiger charge is 2.18. The molecule has 1 unspecified atom stereocenters. The van der Waals surface area contributed by atoms with Gasteiger partial charge in [0.15, 0.2) is 6.10 Å². The Morgan fingerprint density at radius 3 is 2.57 bits per heavy atom. The molecule has 0 saturated carbocycles. The lowest BCUT2D eigenvalue weighted by atomic mass is 10.1. The van der Waals surface area contributed by atoms with E-state index in [9.17, 15) is 4.79 Å². The van der Waals surface area contributed by atoms with Crippen molar-refractivity contribution in [2.45, 2.75) is 33.0 Å². The van der Waals surface area contributed by atoms with Crippen LogP contribution in [0.2, 0.25) is 5.02 Å². The summed E-state index contributed by atoms with van der Waals surface area (Å²) in [5.41, 5.74) is 1.46. The van der Waals surface area contributed by atoms with Crippen molar-refractivity contribution in [3.05, 3.63) is 41.4 Å². The van der Waals surface area contributed by atoms with Crippen molar-refractivity contribution in [3.8, 4) is 5.75 Å². The van der Waals surface area contributed by atoms with Gasteiger partial charge in [0.2, 0.25) is 0 Å². The molecule has 0 aliphatic heterocycles. The lowest BCUT2D eigenvalue weighted by molar-refractivity contribution is -0.154. The number of carbonyl (C=O) groups excluding carboxylic acids is 1. The van der Waals surface area contributed by atoms with Crippen LogP contribution in [0.1, 0.15) is 20.8 Å². The van der Waals surface area contributed by atoms with Crippen LogP contribution in [-0.2, 0) is 9.53 Å². The second-order valence-corrected chi connectivity index (χ2v) is 6.08. The maximum atomic E-state index is 11.8. The molecule has 0 radical (unpaired) electrons. The SMILES string of the molecule is CC(C)OC(=O)C(C)Oc1ccc2oc3cc(Cl)ccc3c2c1. The number of carbonyl (C=O) groups is 1. The van der Waals surface area contributed by atoms with Crippen molar-refractivity contribution in [2.24, 2.45) is 0 Å². The third-order valence-corrected chi connectivity index (χ3v) is 3.64. The fourth-order valence-corrected chi connectivity index (χ4v) is 2.55. The molecule has 0 spiro atoms. The molecular weight excluding hydrogens is 316 g/mol. The molecule has 1 atom stereocenters. The Morgan fingerprint density at radius 1 is 1.04 bits per heavy atom. The van der Waals surface area contributed by atoms with Gasteiger partial charge in [-0.05, 0) is 51.1 Å². The van der Waals surface area contributed by atoms with Gasteiger partial charge >= 0.3 is 5.97 Å². The van der Waals surface area contributed by atoms with Gasteiger partial charge in [0.05, 0.1) is 6.10 Å². The maximum Gasteiger partial charge on any atom is 0.347 e. The summed E-state index contributed by atoms with van der Waals surface area (Å²) in [5, 5.41) is 2.49. The van der Waals surface area contributed by atoms with E-state index in [1.54, 1.807) is 32.9 Å². The van der Waals surface area contributed by atoms with Gasteiger partial charge in [-0.2, -0.15) is 0 Å². The molecule has 4 nitrogen and oxygen atoms in total. The monoisotopic (exact) mass is 332 g/mol. The van der Waals surface area contributed by atoms with E-state index in [-0.39, 0.29) is 12.1 Å². The van der Waals surface area contributed by atoms with Gasteiger partial charge in [0.25, 0.3) is 0 Å². The number of halogens is 1. The van der Waals surface area contributed by atoms with Crippen molar-refractivity contribution in [1.82, 2.24) is 0 Å². The van der Waals surface area contributed by atoms with Crippen LogP contribution in [-0.4, -0.2) is 18.2 Å². The average Bonchev–Trinajstić information content (AvgIpc) is 2.83. The highest BCUT2D eigenvalue weighted by atomic mass is 35.5. The van der Waals surface area contributed by atoms with Gasteiger partial charge in [-0.25, -0.2) is 4.79 Å². The Labute approximate surface area is 138 Å². The van der Waals surface area contributed by atoms with Crippen molar-refractivity contribution in [2.75, 3.05) is 0 Å². The molecule has 1 heterocycles. The van der Waals surface area contributed by atoms with Crippen LogP contribution in [0.5, 0.6) is 5.75 Å². The van der Waals surface area contributed by atoms with Gasteiger partial charge in [0.1, 0.15) is 16.9 Å². The number of benzene rings is 2. The van der Waals surface area contributed by atoms with Crippen molar-refractivity contribution in [1.29, 1.82) is 0 Å². The molecule has 5 heteroatoms. The van der Waals surface area contributed by atoms with E-state index in [0.29, 0.717) is 10.8 Å². The summed E-state index contributed by atoms with van der Waals surface area (Å²) in [6.45, 7) is 5.28. The molecule has 0 bridgehead atoms. The number of rotatable bonds is 4.